The van der Waals surface area contributed by atoms with E-state index in [-0.39, 0.29) is 17.8 Å². The first-order chi connectivity index (χ1) is 16.7. The van der Waals surface area contributed by atoms with Crippen molar-refractivity contribution >= 4 is 34.5 Å². The number of hydrogen-bond acceptors (Lipinski definition) is 8. The number of nitrogens with one attached hydrogen (secondary N) is 1. The van der Waals surface area contributed by atoms with Crippen LogP contribution in [0.4, 0.5) is 10.8 Å². The maximum atomic E-state index is 12.7. The van der Waals surface area contributed by atoms with Gasteiger partial charge in [0.25, 0.3) is 12.4 Å². The molecule has 2 N–H and O–H groups in total. The smallest absolute Gasteiger partial charge is 0.290 e. The molecule has 0 aliphatic carbocycles. The number of hydrogen-bond donors (Lipinski definition) is 2. The molecule has 0 unspecified atom stereocenters. The Balaban J connectivity index is 0.000000868. The van der Waals surface area contributed by atoms with Gasteiger partial charge in [-0.1, -0.05) is 35.5 Å². The summed E-state index contributed by atoms with van der Waals surface area (Å²) in [5.74, 6) is -0.0891. The number of aromatic nitrogens is 3. The fourth-order valence-corrected chi connectivity index (χ4v) is 4.97. The van der Waals surface area contributed by atoms with E-state index in [1.165, 1.54) is 11.8 Å². The summed E-state index contributed by atoms with van der Waals surface area (Å²) in [5, 5.41) is 17.0. The number of thiazole rings is 1. The molecule has 0 radical (unpaired) electrons. The minimum Gasteiger partial charge on any atom is -0.483 e. The van der Waals surface area contributed by atoms with E-state index in [0.717, 1.165) is 29.4 Å². The SMILES string of the molecule is O=C(c1ccon1)N1CCC(c2ccccc2)(c2csc(Nc3ccncc3)n2)CC1.O=CO. The summed E-state index contributed by atoms with van der Waals surface area (Å²) in [4.78, 5) is 31.9. The van der Waals surface area contributed by atoms with Crippen LogP contribution in [0.2, 0.25) is 0 Å². The Hall–Kier alpha value is -4.05. The first-order valence-corrected chi connectivity index (χ1v) is 11.5. The molecule has 1 aliphatic heterocycles. The third-order valence-corrected chi connectivity index (χ3v) is 6.57. The summed E-state index contributed by atoms with van der Waals surface area (Å²) in [7, 11) is 0. The predicted molar refractivity (Wildman–Crippen MR) is 127 cm³/mol. The van der Waals surface area contributed by atoms with Gasteiger partial charge in [-0.2, -0.15) is 0 Å². The van der Waals surface area contributed by atoms with Crippen molar-refractivity contribution in [2.75, 3.05) is 18.4 Å². The van der Waals surface area contributed by atoms with Crippen LogP contribution >= 0.6 is 11.3 Å². The Bertz CT molecular complexity index is 1190. The average molecular weight is 478 g/mol. The molecule has 0 atom stereocenters. The second-order valence-electron chi connectivity index (χ2n) is 7.63. The molecule has 1 aromatic carbocycles. The molecular weight excluding hydrogens is 454 g/mol. The number of rotatable bonds is 5. The van der Waals surface area contributed by atoms with E-state index in [1.807, 2.05) is 23.1 Å². The largest absolute Gasteiger partial charge is 0.483 e. The molecule has 174 valence electrons. The molecule has 0 spiro atoms. The van der Waals surface area contributed by atoms with Crippen molar-refractivity contribution in [1.29, 1.82) is 0 Å². The van der Waals surface area contributed by atoms with Gasteiger partial charge >= 0.3 is 0 Å². The van der Waals surface area contributed by atoms with Gasteiger partial charge in [-0.15, -0.1) is 11.3 Å². The predicted octanol–water partition coefficient (Wildman–Crippen LogP) is 4.19. The molecule has 34 heavy (non-hydrogen) atoms. The van der Waals surface area contributed by atoms with Gasteiger partial charge in [0.2, 0.25) is 0 Å². The minimum atomic E-state index is -0.250. The number of carboxylic acid groups (broad SMARTS) is 1. The lowest BCUT2D eigenvalue weighted by Crippen LogP contribution is -2.46. The highest BCUT2D eigenvalue weighted by Crippen LogP contribution is 2.43. The number of carbonyl (C=O) groups is 2. The number of amides is 1. The highest BCUT2D eigenvalue weighted by molar-refractivity contribution is 7.13. The standard InChI is InChI=1S/C23H21N5O2S.CH2O2/c29-21(19-8-15-30-27-19)28-13-9-23(10-14-28,17-4-2-1-3-5-17)20-16-31-22(26-20)25-18-6-11-24-12-7-18;2-1-3/h1-8,11-12,15-16H,9-10,13-14H2,(H,24,25,26);1H,(H,2,3). The van der Waals surface area contributed by atoms with Crippen molar-refractivity contribution in [2.45, 2.75) is 18.3 Å². The Kier molecular flexibility index (Phi) is 7.28. The van der Waals surface area contributed by atoms with Crippen LogP contribution < -0.4 is 5.32 Å². The van der Waals surface area contributed by atoms with Crippen LogP contribution in [-0.2, 0) is 10.2 Å². The normalized spacial score (nSPS) is 14.5. The van der Waals surface area contributed by atoms with E-state index in [9.17, 15) is 4.79 Å². The van der Waals surface area contributed by atoms with Gasteiger partial charge in [0.15, 0.2) is 10.8 Å². The molecule has 1 fully saturated rings. The van der Waals surface area contributed by atoms with Crippen LogP contribution in [0.15, 0.2) is 77.1 Å². The minimum absolute atomic E-state index is 0.0891. The maximum absolute atomic E-state index is 12.7. The van der Waals surface area contributed by atoms with Crippen molar-refractivity contribution in [2.24, 2.45) is 0 Å². The van der Waals surface area contributed by atoms with Gasteiger partial charge in [-0.05, 0) is 30.5 Å². The number of carbonyl (C=O) groups excluding carboxylic acids is 1. The summed E-state index contributed by atoms with van der Waals surface area (Å²) in [5.41, 5.74) is 3.33. The fraction of sp³-hybridized carbons (Fsp3) is 0.208. The zero-order chi connectivity index (χ0) is 23.8. The Morgan fingerprint density at radius 1 is 1.12 bits per heavy atom. The van der Waals surface area contributed by atoms with Crippen molar-refractivity contribution in [3.63, 3.8) is 0 Å². The van der Waals surface area contributed by atoms with Gasteiger partial charge in [-0.3, -0.25) is 14.6 Å². The zero-order valence-corrected chi connectivity index (χ0v) is 19.0. The molecule has 1 amide bonds. The molecule has 0 saturated carbocycles. The molecule has 1 aliphatic rings. The second-order valence-corrected chi connectivity index (χ2v) is 8.49. The monoisotopic (exact) mass is 477 g/mol. The Labute approximate surface area is 200 Å². The highest BCUT2D eigenvalue weighted by atomic mass is 32.1. The van der Waals surface area contributed by atoms with E-state index in [2.05, 4.69) is 45.1 Å². The molecule has 0 bridgehead atoms. The quantitative estimate of drug-likeness (QED) is 0.410. The maximum Gasteiger partial charge on any atom is 0.290 e. The summed E-state index contributed by atoms with van der Waals surface area (Å²) >= 11 is 1.59. The van der Waals surface area contributed by atoms with E-state index >= 15 is 0 Å². The lowest BCUT2D eigenvalue weighted by atomic mass is 9.70. The number of pyridine rings is 1. The van der Waals surface area contributed by atoms with E-state index in [1.54, 1.807) is 29.8 Å². The number of anilines is 2. The molecule has 1 saturated heterocycles. The van der Waals surface area contributed by atoms with Crippen molar-refractivity contribution < 1.29 is 19.2 Å². The molecule has 5 rings (SSSR count). The van der Waals surface area contributed by atoms with Gasteiger partial charge in [0.05, 0.1) is 5.69 Å². The van der Waals surface area contributed by atoms with Crippen molar-refractivity contribution in [3.05, 3.63) is 89.5 Å². The molecule has 3 aromatic heterocycles. The number of piperidine rings is 1. The molecule has 4 heterocycles. The van der Waals surface area contributed by atoms with Crippen LogP contribution in [0.25, 0.3) is 0 Å². The van der Waals surface area contributed by atoms with Crippen LogP contribution in [0.1, 0.15) is 34.6 Å². The lowest BCUT2D eigenvalue weighted by Gasteiger charge is -2.41. The number of benzene rings is 1. The molecular formula is C24H23N5O4S. The number of nitrogens with zero attached hydrogens (tertiary/aromatic N) is 4. The van der Waals surface area contributed by atoms with Gasteiger partial charge in [0.1, 0.15) is 6.26 Å². The third-order valence-electron chi connectivity index (χ3n) is 5.81. The Morgan fingerprint density at radius 3 is 2.47 bits per heavy atom. The van der Waals surface area contributed by atoms with Crippen molar-refractivity contribution in [1.82, 2.24) is 20.0 Å². The first-order valence-electron chi connectivity index (χ1n) is 10.6. The van der Waals surface area contributed by atoms with Gasteiger partial charge < -0.3 is 19.8 Å². The average Bonchev–Trinajstić information content (AvgIpc) is 3.59. The second kappa shape index (κ2) is 10.7. The third kappa shape index (κ3) is 4.96. The van der Waals surface area contributed by atoms with Crippen LogP contribution in [0.5, 0.6) is 0 Å². The lowest BCUT2D eigenvalue weighted by molar-refractivity contribution is -0.122. The number of likely N-dealkylation sites (tertiary alicyclic amines) is 1. The topological polar surface area (TPSA) is 121 Å². The van der Waals surface area contributed by atoms with Crippen LogP contribution in [0.3, 0.4) is 0 Å². The van der Waals surface area contributed by atoms with E-state index in [0.29, 0.717) is 18.8 Å². The molecule has 10 heteroatoms. The van der Waals surface area contributed by atoms with Crippen molar-refractivity contribution in [3.8, 4) is 0 Å². The zero-order valence-electron chi connectivity index (χ0n) is 18.2. The van der Waals surface area contributed by atoms with E-state index < -0.39 is 0 Å². The van der Waals surface area contributed by atoms with Gasteiger partial charge in [-0.25, -0.2) is 4.98 Å². The summed E-state index contributed by atoms with van der Waals surface area (Å²) < 4.78 is 4.84. The molecule has 9 nitrogen and oxygen atoms in total. The summed E-state index contributed by atoms with van der Waals surface area (Å²) in [6.07, 6.45) is 6.52. The summed E-state index contributed by atoms with van der Waals surface area (Å²) in [6, 6.07) is 15.9. The van der Waals surface area contributed by atoms with Gasteiger partial charge in [0, 0.05) is 48.0 Å². The molecule has 4 aromatic rings. The highest BCUT2D eigenvalue weighted by Gasteiger charge is 2.41. The first kappa shape index (κ1) is 23.1. The van der Waals surface area contributed by atoms with Crippen LogP contribution in [-0.4, -0.2) is 50.6 Å². The summed E-state index contributed by atoms with van der Waals surface area (Å²) in [6.45, 7) is 1.01. The fourth-order valence-electron chi connectivity index (χ4n) is 4.14. The van der Waals surface area contributed by atoms with E-state index in [4.69, 9.17) is 19.4 Å². The Morgan fingerprint density at radius 2 is 1.82 bits per heavy atom. The van der Waals surface area contributed by atoms with Crippen LogP contribution in [0, 0.1) is 0 Å².